The van der Waals surface area contributed by atoms with Crippen LogP contribution in [0.1, 0.15) is 37.8 Å². The van der Waals surface area contributed by atoms with E-state index in [1.54, 1.807) is 16.7 Å². The van der Waals surface area contributed by atoms with Crippen LogP contribution in [0.25, 0.3) is 0 Å². The molecule has 3 aliphatic rings. The van der Waals surface area contributed by atoms with Crippen LogP contribution in [0.5, 0.6) is 0 Å². The lowest BCUT2D eigenvalue weighted by molar-refractivity contribution is -0.142. The van der Waals surface area contributed by atoms with Gasteiger partial charge in [-0.15, -0.1) is 11.8 Å². The summed E-state index contributed by atoms with van der Waals surface area (Å²) in [5.74, 6) is -1.80. The van der Waals surface area contributed by atoms with Crippen LogP contribution < -0.4 is 15.5 Å². The van der Waals surface area contributed by atoms with Gasteiger partial charge in [-0.25, -0.2) is 0 Å². The van der Waals surface area contributed by atoms with Crippen molar-refractivity contribution in [3.05, 3.63) is 96.1 Å². The highest BCUT2D eigenvalue weighted by Gasteiger charge is 2.74. The van der Waals surface area contributed by atoms with E-state index in [9.17, 15) is 19.5 Å². The number of likely N-dealkylation sites (tertiary alicyclic amines) is 1. The molecule has 3 saturated heterocycles. The van der Waals surface area contributed by atoms with Crippen LogP contribution in [0, 0.1) is 11.8 Å². The number of amides is 3. The second-order valence-electron chi connectivity index (χ2n) is 12.2. The number of benzene rings is 3. The van der Waals surface area contributed by atoms with Crippen LogP contribution in [-0.2, 0) is 27.3 Å². The first-order valence-corrected chi connectivity index (χ1v) is 16.9. The summed E-state index contributed by atoms with van der Waals surface area (Å²) in [6, 6.07) is 25.8. The smallest absolute Gasteiger partial charge is 0.248 e. The Balaban J connectivity index is 1.31. The molecule has 0 radical (unpaired) electrons. The number of nitrogens with zero attached hydrogens (tertiary/aromatic N) is 2. The normalized spacial score (nSPS) is 25.6. The predicted octanol–water partition coefficient (Wildman–Crippen LogP) is 4.48. The van der Waals surface area contributed by atoms with Gasteiger partial charge in [-0.05, 0) is 68.5 Å². The van der Waals surface area contributed by atoms with Crippen LogP contribution >= 0.6 is 11.8 Å². The summed E-state index contributed by atoms with van der Waals surface area (Å²) in [5.41, 5.74) is 3.69. The fourth-order valence-electron chi connectivity index (χ4n) is 7.68. The van der Waals surface area contributed by atoms with Gasteiger partial charge in [-0.2, -0.15) is 0 Å². The molecule has 0 aromatic heterocycles. The summed E-state index contributed by atoms with van der Waals surface area (Å²) >= 11 is 1.64. The zero-order chi connectivity index (χ0) is 31.6. The standard InChI is InChI=1S/C36H42N4O4S/c1-3-39(4-2)27-17-15-26(16-18-27)38-34(43)32-36-20-19-29(45-36)30(33(42)37-22-25-13-9-6-10-14-25)31(36)35(44)40(32)28(23-41)21-24-11-7-5-8-12-24/h5-18,28-32,41H,3-4,19-23H2,1-2H3,(H,37,42)(H,38,43)/t28-,29-,30+,31+,32?,36?/m1/s1. The average Bonchev–Trinajstić information content (AvgIpc) is 3.72. The minimum atomic E-state index is -0.819. The molecule has 3 heterocycles. The molecule has 6 atom stereocenters. The van der Waals surface area contributed by atoms with E-state index in [2.05, 4.69) is 29.4 Å². The van der Waals surface area contributed by atoms with E-state index in [0.717, 1.165) is 36.3 Å². The largest absolute Gasteiger partial charge is 0.394 e. The lowest BCUT2D eigenvalue weighted by Crippen LogP contribution is -2.55. The average molecular weight is 627 g/mol. The highest BCUT2D eigenvalue weighted by atomic mass is 32.2. The van der Waals surface area contributed by atoms with Gasteiger partial charge in [0.1, 0.15) is 6.04 Å². The molecule has 8 nitrogen and oxygen atoms in total. The van der Waals surface area contributed by atoms with Crippen molar-refractivity contribution in [2.45, 2.75) is 61.7 Å². The Morgan fingerprint density at radius 3 is 2.22 bits per heavy atom. The highest BCUT2D eigenvalue weighted by molar-refractivity contribution is 8.02. The molecule has 0 saturated carbocycles. The third-order valence-electron chi connectivity index (χ3n) is 9.78. The van der Waals surface area contributed by atoms with Crippen LogP contribution in [-0.4, -0.2) is 69.5 Å². The minimum absolute atomic E-state index is 0.0396. The predicted molar refractivity (Wildman–Crippen MR) is 179 cm³/mol. The zero-order valence-corrected chi connectivity index (χ0v) is 26.7. The van der Waals surface area contributed by atoms with E-state index in [0.29, 0.717) is 25.1 Å². The molecular weight excluding hydrogens is 584 g/mol. The third kappa shape index (κ3) is 5.84. The molecule has 3 N–H and O–H groups in total. The number of anilines is 2. The molecule has 45 heavy (non-hydrogen) atoms. The van der Waals surface area contributed by atoms with Crippen LogP contribution in [0.15, 0.2) is 84.9 Å². The van der Waals surface area contributed by atoms with Crippen molar-refractivity contribution in [3.63, 3.8) is 0 Å². The van der Waals surface area contributed by atoms with Crippen molar-refractivity contribution < 1.29 is 19.5 Å². The first kappa shape index (κ1) is 31.2. The number of carbonyl (C=O) groups is 3. The van der Waals surface area contributed by atoms with Gasteiger partial charge in [0.25, 0.3) is 0 Å². The lowest BCUT2D eigenvalue weighted by Gasteiger charge is -2.37. The molecule has 3 aromatic rings. The van der Waals surface area contributed by atoms with Crippen LogP contribution in [0.2, 0.25) is 0 Å². The summed E-state index contributed by atoms with van der Waals surface area (Å²) in [6.07, 6.45) is 1.84. The maximum atomic E-state index is 14.5. The number of nitrogens with one attached hydrogen (secondary N) is 2. The summed E-state index contributed by atoms with van der Waals surface area (Å²) in [4.78, 5) is 46.6. The summed E-state index contributed by atoms with van der Waals surface area (Å²) < 4.78 is -0.744. The number of rotatable bonds is 12. The number of fused-ring (bicyclic) bond motifs is 1. The van der Waals surface area contributed by atoms with Gasteiger partial charge in [-0.1, -0.05) is 60.7 Å². The fraction of sp³-hybridized carbons (Fsp3) is 0.417. The Labute approximate surface area is 269 Å². The summed E-state index contributed by atoms with van der Waals surface area (Å²) in [6.45, 7) is 6.08. The first-order valence-electron chi connectivity index (χ1n) is 16.0. The Kier molecular flexibility index (Phi) is 9.19. The maximum Gasteiger partial charge on any atom is 0.248 e. The summed E-state index contributed by atoms with van der Waals surface area (Å²) in [7, 11) is 0. The molecule has 3 aliphatic heterocycles. The van der Waals surface area contributed by atoms with E-state index >= 15 is 0 Å². The van der Waals surface area contributed by atoms with Crippen molar-refractivity contribution in [2.24, 2.45) is 11.8 Å². The molecule has 2 bridgehead atoms. The van der Waals surface area contributed by atoms with Gasteiger partial charge in [-0.3, -0.25) is 14.4 Å². The Morgan fingerprint density at radius 2 is 1.60 bits per heavy atom. The number of aliphatic hydroxyl groups is 1. The zero-order valence-electron chi connectivity index (χ0n) is 25.9. The second kappa shape index (κ2) is 13.3. The topological polar surface area (TPSA) is 102 Å². The van der Waals surface area contributed by atoms with Crippen molar-refractivity contribution in [2.75, 3.05) is 29.9 Å². The highest BCUT2D eigenvalue weighted by Crippen LogP contribution is 2.66. The van der Waals surface area contributed by atoms with E-state index in [1.807, 2.05) is 84.9 Å². The van der Waals surface area contributed by atoms with Gasteiger partial charge in [0.2, 0.25) is 17.7 Å². The van der Waals surface area contributed by atoms with E-state index in [1.165, 1.54) is 0 Å². The van der Waals surface area contributed by atoms with E-state index in [-0.39, 0.29) is 29.6 Å². The SMILES string of the molecule is CCN(CC)c1ccc(NC(=O)C2N([C@@H](CO)Cc3ccccc3)C(=O)[C@@H]3[C@@H](C(=O)NCc4ccccc4)[C@H]4CCC23S4)cc1. The minimum Gasteiger partial charge on any atom is -0.394 e. The van der Waals surface area contributed by atoms with Gasteiger partial charge in [0.05, 0.1) is 29.2 Å². The number of thioether (sulfide) groups is 1. The third-order valence-corrected chi connectivity index (χ3v) is 11.7. The fourth-order valence-corrected chi connectivity index (χ4v) is 9.88. The van der Waals surface area contributed by atoms with Crippen molar-refractivity contribution in [1.82, 2.24) is 10.2 Å². The number of hydrogen-bond donors (Lipinski definition) is 3. The Hall–Kier alpha value is -3.82. The number of carbonyl (C=O) groups excluding carboxylic acids is 3. The first-order chi connectivity index (χ1) is 21.9. The van der Waals surface area contributed by atoms with Gasteiger partial charge >= 0.3 is 0 Å². The van der Waals surface area contributed by atoms with Crippen LogP contribution in [0.3, 0.4) is 0 Å². The Morgan fingerprint density at radius 1 is 0.956 bits per heavy atom. The quantitative estimate of drug-likeness (QED) is 0.274. The molecular formula is C36H42N4O4S. The molecule has 236 valence electrons. The molecule has 3 fully saturated rings. The maximum absolute atomic E-state index is 14.5. The molecule has 3 amide bonds. The van der Waals surface area contributed by atoms with E-state index in [4.69, 9.17) is 0 Å². The van der Waals surface area contributed by atoms with Crippen LogP contribution in [0.4, 0.5) is 11.4 Å². The number of hydrogen-bond acceptors (Lipinski definition) is 6. The van der Waals surface area contributed by atoms with Gasteiger partial charge < -0.3 is 25.5 Å². The summed E-state index contributed by atoms with van der Waals surface area (Å²) in [5, 5.41) is 16.8. The van der Waals surface area contributed by atoms with E-state index < -0.39 is 28.7 Å². The second-order valence-corrected chi connectivity index (χ2v) is 13.8. The molecule has 3 aromatic carbocycles. The number of aliphatic hydroxyl groups excluding tert-OH is 1. The molecule has 6 rings (SSSR count). The van der Waals surface area contributed by atoms with Gasteiger partial charge in [0, 0.05) is 36.3 Å². The molecule has 2 unspecified atom stereocenters. The molecule has 9 heteroatoms. The van der Waals surface area contributed by atoms with Gasteiger partial charge in [0.15, 0.2) is 0 Å². The molecule has 0 aliphatic carbocycles. The van der Waals surface area contributed by atoms with Crippen molar-refractivity contribution in [3.8, 4) is 0 Å². The monoisotopic (exact) mass is 626 g/mol. The lowest BCUT2D eigenvalue weighted by atomic mass is 9.70. The molecule has 1 spiro atoms. The Bertz CT molecular complexity index is 1500. The van der Waals surface area contributed by atoms with Crippen molar-refractivity contribution in [1.29, 1.82) is 0 Å². The van der Waals surface area contributed by atoms with Crippen molar-refractivity contribution >= 4 is 40.9 Å².